The molecule has 2 aromatic rings. The summed E-state index contributed by atoms with van der Waals surface area (Å²) in [5, 5.41) is 10.3. The summed E-state index contributed by atoms with van der Waals surface area (Å²) < 4.78 is 7.83. The number of aromatic nitrogens is 1. The molecule has 1 aromatic carbocycles. The van der Waals surface area contributed by atoms with Crippen molar-refractivity contribution in [2.24, 2.45) is 7.05 Å². The maximum Gasteiger partial charge on any atom is 0.265 e. The molecule has 4 nitrogen and oxygen atoms in total. The third-order valence-electron chi connectivity index (χ3n) is 4.75. The van der Waals surface area contributed by atoms with Gasteiger partial charge >= 0.3 is 0 Å². The normalized spacial score (nSPS) is 16.3. The molecular formula is C21H19N3O. The van der Waals surface area contributed by atoms with E-state index in [-0.39, 0.29) is 5.70 Å². The molecule has 0 aliphatic carbocycles. The number of aryl methyl sites for hydroxylation is 2. The van der Waals surface area contributed by atoms with Crippen molar-refractivity contribution in [3.05, 3.63) is 75.6 Å². The zero-order valence-corrected chi connectivity index (χ0v) is 14.6. The Morgan fingerprint density at radius 3 is 2.88 bits per heavy atom. The molecule has 4 heteroatoms. The van der Waals surface area contributed by atoms with Crippen LogP contribution in [0.25, 0.3) is 21.8 Å². The van der Waals surface area contributed by atoms with Gasteiger partial charge in [0.25, 0.3) is 5.70 Å². The van der Waals surface area contributed by atoms with Gasteiger partial charge in [0.05, 0.1) is 19.2 Å². The molecule has 0 saturated heterocycles. The molecule has 1 aliphatic rings. The Morgan fingerprint density at radius 2 is 2.16 bits per heavy atom. The zero-order chi connectivity index (χ0) is 18.0. The summed E-state index contributed by atoms with van der Waals surface area (Å²) in [6.45, 7) is 11.8. The molecular weight excluding hydrogens is 310 g/mol. The van der Waals surface area contributed by atoms with Gasteiger partial charge in [0.15, 0.2) is 0 Å². The second kappa shape index (κ2) is 6.71. The molecule has 2 heterocycles. The Morgan fingerprint density at radius 1 is 1.36 bits per heavy atom. The highest BCUT2D eigenvalue weighted by molar-refractivity contribution is 5.87. The Labute approximate surface area is 147 Å². The summed E-state index contributed by atoms with van der Waals surface area (Å²) in [7, 11) is 2.08. The largest absolute Gasteiger partial charge is 0.493 e. The Bertz CT molecular complexity index is 1000. The molecule has 1 aromatic heterocycles. The van der Waals surface area contributed by atoms with Crippen molar-refractivity contribution < 1.29 is 4.74 Å². The van der Waals surface area contributed by atoms with Crippen LogP contribution in [0, 0.1) is 31.8 Å². The smallest absolute Gasteiger partial charge is 0.265 e. The van der Waals surface area contributed by atoms with Crippen molar-refractivity contribution in [2.75, 3.05) is 6.61 Å². The van der Waals surface area contributed by atoms with Gasteiger partial charge in [-0.15, -0.1) is 0 Å². The lowest BCUT2D eigenvalue weighted by molar-refractivity contribution is 0.219. The minimum absolute atomic E-state index is 0.144. The third-order valence-corrected chi connectivity index (χ3v) is 4.75. The van der Waals surface area contributed by atoms with E-state index >= 15 is 0 Å². The summed E-state index contributed by atoms with van der Waals surface area (Å²) >= 11 is 0. The fraction of sp³-hybridized carbons (Fsp3) is 0.238. The first-order chi connectivity index (χ1) is 12.0. The van der Waals surface area contributed by atoms with Gasteiger partial charge in [0.2, 0.25) is 0 Å². The second-order valence-corrected chi connectivity index (χ2v) is 6.12. The lowest BCUT2D eigenvalue weighted by Gasteiger charge is -2.14. The number of hydrogen-bond acceptors (Lipinski definition) is 2. The van der Waals surface area contributed by atoms with Crippen LogP contribution >= 0.6 is 0 Å². The second-order valence-electron chi connectivity index (χ2n) is 6.12. The molecule has 1 aliphatic heterocycles. The van der Waals surface area contributed by atoms with Gasteiger partial charge in [-0.1, -0.05) is 12.1 Å². The summed E-state index contributed by atoms with van der Waals surface area (Å²) in [5.74, 6) is 0.679. The van der Waals surface area contributed by atoms with Gasteiger partial charge in [-0.2, -0.15) is 0 Å². The van der Waals surface area contributed by atoms with E-state index in [0.717, 1.165) is 11.1 Å². The van der Waals surface area contributed by atoms with E-state index in [4.69, 9.17) is 16.6 Å². The van der Waals surface area contributed by atoms with Crippen LogP contribution in [-0.2, 0) is 11.8 Å². The summed E-state index contributed by atoms with van der Waals surface area (Å²) in [5.41, 5.74) is 5.77. The summed E-state index contributed by atoms with van der Waals surface area (Å²) in [4.78, 5) is 3.28. The number of allylic oxidation sites excluding steroid dienone is 3. The number of nitrogens with zero attached hydrogens (tertiary/aromatic N) is 3. The molecule has 0 amide bonds. The molecule has 0 N–H and O–H groups in total. The molecule has 0 spiro atoms. The van der Waals surface area contributed by atoms with Gasteiger partial charge in [-0.25, -0.2) is 10.1 Å². The van der Waals surface area contributed by atoms with Crippen molar-refractivity contribution in [1.29, 1.82) is 5.26 Å². The van der Waals surface area contributed by atoms with Crippen LogP contribution in [0.4, 0.5) is 0 Å². The number of ether oxygens (including phenoxy) is 1. The van der Waals surface area contributed by atoms with Crippen LogP contribution in [-0.4, -0.2) is 11.2 Å². The van der Waals surface area contributed by atoms with Crippen molar-refractivity contribution >= 4 is 17.0 Å². The van der Waals surface area contributed by atoms with Crippen molar-refractivity contribution in [3.63, 3.8) is 0 Å². The molecule has 0 radical (unpaired) electrons. The molecule has 124 valence electrons. The highest BCUT2D eigenvalue weighted by atomic mass is 16.5. The highest BCUT2D eigenvalue weighted by Gasteiger charge is 2.11. The lowest BCUT2D eigenvalue weighted by atomic mass is 10.1. The number of fused-ring (bicyclic) bond motifs is 1. The minimum atomic E-state index is 0.144. The number of benzene rings is 1. The maximum absolute atomic E-state index is 9.01. The molecule has 0 bridgehead atoms. The molecule has 0 atom stereocenters. The SMILES string of the molecule is [C-]#[N+]C(C#N)=C1C=C(C=Cc2ccc3c(c2)c(C)c(C)n3C)OCC1. The standard InChI is InChI=1S/C21H19N3O/c1-14-15(2)24(4)21-8-6-16(11-19(14)21)5-7-18-12-17(9-10-25-18)20(13-22)23-3/h5-8,11-12H,9-10H2,1-2,4H3. The van der Waals surface area contributed by atoms with Crippen molar-refractivity contribution in [2.45, 2.75) is 20.3 Å². The number of hydrogen-bond donors (Lipinski definition) is 0. The van der Waals surface area contributed by atoms with E-state index in [1.807, 2.05) is 18.2 Å². The predicted octanol–water partition coefficient (Wildman–Crippen LogP) is 4.81. The van der Waals surface area contributed by atoms with E-state index in [1.54, 1.807) is 6.08 Å². The van der Waals surface area contributed by atoms with Crippen LogP contribution < -0.4 is 0 Å². The first-order valence-corrected chi connectivity index (χ1v) is 8.14. The first kappa shape index (κ1) is 16.6. The average molecular weight is 329 g/mol. The number of nitriles is 1. The maximum atomic E-state index is 9.01. The lowest BCUT2D eigenvalue weighted by Crippen LogP contribution is -2.03. The van der Waals surface area contributed by atoms with Crippen LogP contribution in [0.5, 0.6) is 0 Å². The topological polar surface area (TPSA) is 42.3 Å². The number of rotatable bonds is 2. The van der Waals surface area contributed by atoms with Gasteiger partial charge in [0, 0.05) is 23.6 Å². The quantitative estimate of drug-likeness (QED) is 0.586. The first-order valence-electron chi connectivity index (χ1n) is 8.14. The van der Waals surface area contributed by atoms with Gasteiger partial charge in [-0.05, 0) is 61.3 Å². The van der Waals surface area contributed by atoms with Gasteiger partial charge < -0.3 is 9.30 Å². The minimum Gasteiger partial charge on any atom is -0.493 e. The average Bonchev–Trinajstić information content (AvgIpc) is 2.85. The Hall–Kier alpha value is -3.24. The van der Waals surface area contributed by atoms with Crippen LogP contribution in [0.1, 0.15) is 23.2 Å². The van der Waals surface area contributed by atoms with Gasteiger partial charge in [-0.3, -0.25) is 0 Å². The van der Waals surface area contributed by atoms with Gasteiger partial charge in [0.1, 0.15) is 5.76 Å². The highest BCUT2D eigenvalue weighted by Crippen LogP contribution is 2.26. The summed E-state index contributed by atoms with van der Waals surface area (Å²) in [6.07, 6.45) is 6.27. The summed E-state index contributed by atoms with van der Waals surface area (Å²) in [6, 6.07) is 8.33. The van der Waals surface area contributed by atoms with E-state index in [1.165, 1.54) is 22.2 Å². The third kappa shape index (κ3) is 3.07. The van der Waals surface area contributed by atoms with Crippen molar-refractivity contribution in [3.8, 4) is 6.07 Å². The van der Waals surface area contributed by atoms with E-state index in [9.17, 15) is 0 Å². The predicted molar refractivity (Wildman–Crippen MR) is 99.3 cm³/mol. The monoisotopic (exact) mass is 329 g/mol. The van der Waals surface area contributed by atoms with E-state index in [2.05, 4.69) is 48.5 Å². The van der Waals surface area contributed by atoms with Crippen LogP contribution in [0.15, 0.2) is 47.4 Å². The Kier molecular flexibility index (Phi) is 4.46. The molecule has 25 heavy (non-hydrogen) atoms. The zero-order valence-electron chi connectivity index (χ0n) is 14.6. The van der Waals surface area contributed by atoms with Crippen molar-refractivity contribution in [1.82, 2.24) is 4.57 Å². The van der Waals surface area contributed by atoms with Crippen LogP contribution in [0.3, 0.4) is 0 Å². The molecule has 0 unspecified atom stereocenters. The van der Waals surface area contributed by atoms with E-state index < -0.39 is 0 Å². The molecule has 3 rings (SSSR count). The molecule has 0 fully saturated rings. The fourth-order valence-electron chi connectivity index (χ4n) is 3.07. The fourth-order valence-corrected chi connectivity index (χ4v) is 3.07. The molecule has 0 saturated carbocycles. The van der Waals surface area contributed by atoms with E-state index in [0.29, 0.717) is 18.8 Å². The Balaban J connectivity index is 1.94. The van der Waals surface area contributed by atoms with Crippen LogP contribution in [0.2, 0.25) is 0 Å².